The molecule has 0 radical (unpaired) electrons. The summed E-state index contributed by atoms with van der Waals surface area (Å²) >= 11 is 0. The third kappa shape index (κ3) is 1.88. The highest BCUT2D eigenvalue weighted by atomic mass is 16.5. The molecule has 0 amide bonds. The van der Waals surface area contributed by atoms with Gasteiger partial charge in [0.25, 0.3) is 0 Å². The van der Waals surface area contributed by atoms with Crippen molar-refractivity contribution in [2.45, 2.75) is 26.1 Å². The van der Waals surface area contributed by atoms with Crippen molar-refractivity contribution in [3.8, 4) is 0 Å². The first-order valence-corrected chi connectivity index (χ1v) is 3.97. The van der Waals surface area contributed by atoms with Gasteiger partial charge in [0, 0.05) is 5.56 Å². The lowest BCUT2D eigenvalue weighted by Gasteiger charge is -2.14. The maximum absolute atomic E-state index is 9.53. The van der Waals surface area contributed by atoms with Gasteiger partial charge in [0.05, 0.1) is 12.3 Å². The quantitative estimate of drug-likeness (QED) is 0.603. The van der Waals surface area contributed by atoms with Crippen LogP contribution in [0.3, 0.4) is 0 Å². The molecule has 0 aliphatic carbocycles. The van der Waals surface area contributed by atoms with E-state index >= 15 is 0 Å². The van der Waals surface area contributed by atoms with Crippen molar-refractivity contribution >= 4 is 0 Å². The van der Waals surface area contributed by atoms with E-state index < -0.39 is 18.8 Å². The minimum atomic E-state index is -1.20. The Labute approximate surface area is 75.6 Å². The van der Waals surface area contributed by atoms with E-state index in [1.807, 2.05) is 0 Å². The first-order valence-electron chi connectivity index (χ1n) is 3.97. The van der Waals surface area contributed by atoms with Crippen LogP contribution in [0.25, 0.3) is 0 Å². The molecule has 1 rings (SSSR count). The molecule has 1 aromatic heterocycles. The average molecular weight is 187 g/mol. The molecule has 1 aromatic rings. The van der Waals surface area contributed by atoms with Gasteiger partial charge in [-0.3, -0.25) is 0 Å². The van der Waals surface area contributed by atoms with Gasteiger partial charge in [-0.05, 0) is 13.8 Å². The molecule has 2 unspecified atom stereocenters. The second-order valence-electron chi connectivity index (χ2n) is 2.93. The molecular formula is C8H13NO4. The van der Waals surface area contributed by atoms with Crippen molar-refractivity contribution in [3.05, 3.63) is 17.0 Å². The molecule has 3 N–H and O–H groups in total. The number of hydrogen-bond acceptors (Lipinski definition) is 5. The lowest BCUT2D eigenvalue weighted by atomic mass is 10.0. The molecular weight excluding hydrogens is 174 g/mol. The fourth-order valence-electron chi connectivity index (χ4n) is 1.20. The summed E-state index contributed by atoms with van der Waals surface area (Å²) < 4.78 is 4.81. The van der Waals surface area contributed by atoms with E-state index in [9.17, 15) is 10.2 Å². The van der Waals surface area contributed by atoms with Crippen LogP contribution in [0.4, 0.5) is 0 Å². The molecule has 74 valence electrons. The Morgan fingerprint density at radius 3 is 2.38 bits per heavy atom. The zero-order valence-electron chi connectivity index (χ0n) is 7.56. The number of nitrogens with zero attached hydrogens (tertiary/aromatic N) is 1. The minimum Gasteiger partial charge on any atom is -0.394 e. The van der Waals surface area contributed by atoms with Gasteiger partial charge in [0.1, 0.15) is 18.0 Å². The van der Waals surface area contributed by atoms with Gasteiger partial charge < -0.3 is 19.8 Å². The maximum atomic E-state index is 9.53. The normalized spacial score (nSPS) is 15.8. The number of hydrogen-bond donors (Lipinski definition) is 3. The molecule has 0 bridgehead atoms. The number of aromatic nitrogens is 1. The van der Waals surface area contributed by atoms with Crippen LogP contribution in [0.2, 0.25) is 0 Å². The van der Waals surface area contributed by atoms with Crippen LogP contribution in [0.15, 0.2) is 4.52 Å². The predicted octanol–water partition coefficient (Wildman–Crippen LogP) is -0.322. The second-order valence-corrected chi connectivity index (χ2v) is 2.93. The molecule has 0 aliphatic rings. The van der Waals surface area contributed by atoms with Crippen LogP contribution >= 0.6 is 0 Å². The molecule has 5 nitrogen and oxygen atoms in total. The Bertz CT molecular complexity index is 264. The van der Waals surface area contributed by atoms with E-state index in [2.05, 4.69) is 5.16 Å². The third-order valence-corrected chi connectivity index (χ3v) is 1.94. The molecule has 0 aliphatic heterocycles. The smallest absolute Gasteiger partial charge is 0.139 e. The Kier molecular flexibility index (Phi) is 3.02. The summed E-state index contributed by atoms with van der Waals surface area (Å²) in [4.78, 5) is 0. The van der Waals surface area contributed by atoms with Crippen LogP contribution in [0.1, 0.15) is 23.1 Å². The molecule has 0 saturated heterocycles. The number of rotatable bonds is 3. The fourth-order valence-corrected chi connectivity index (χ4v) is 1.20. The summed E-state index contributed by atoms with van der Waals surface area (Å²) in [7, 11) is 0. The standard InChI is InChI=1S/C8H13NO4/c1-4-7(5(2)13-9-4)8(12)6(11)3-10/h6,8,10-12H,3H2,1-2H3. The second kappa shape index (κ2) is 3.87. The van der Waals surface area contributed by atoms with Gasteiger partial charge in [0.2, 0.25) is 0 Å². The van der Waals surface area contributed by atoms with E-state index in [0.29, 0.717) is 17.0 Å². The van der Waals surface area contributed by atoms with Crippen LogP contribution in [-0.2, 0) is 0 Å². The predicted molar refractivity (Wildman–Crippen MR) is 44.0 cm³/mol. The van der Waals surface area contributed by atoms with Gasteiger partial charge in [-0.1, -0.05) is 5.16 Å². The van der Waals surface area contributed by atoms with Gasteiger partial charge in [-0.15, -0.1) is 0 Å². The summed E-state index contributed by atoms with van der Waals surface area (Å²) in [6.07, 6.45) is -2.34. The SMILES string of the molecule is Cc1noc(C)c1C(O)C(O)CO. The summed E-state index contributed by atoms with van der Waals surface area (Å²) in [6.45, 7) is 2.81. The van der Waals surface area contributed by atoms with Crippen LogP contribution in [0.5, 0.6) is 0 Å². The zero-order valence-corrected chi connectivity index (χ0v) is 7.56. The van der Waals surface area contributed by atoms with Crippen molar-refractivity contribution in [1.82, 2.24) is 5.16 Å². The zero-order chi connectivity index (χ0) is 10.0. The minimum absolute atomic E-state index is 0.446. The topological polar surface area (TPSA) is 86.7 Å². The Morgan fingerprint density at radius 2 is 2.00 bits per heavy atom. The Morgan fingerprint density at radius 1 is 1.38 bits per heavy atom. The highest BCUT2D eigenvalue weighted by Gasteiger charge is 2.24. The lowest BCUT2D eigenvalue weighted by molar-refractivity contribution is -0.0161. The van der Waals surface area contributed by atoms with Gasteiger partial charge in [-0.25, -0.2) is 0 Å². The molecule has 0 saturated carbocycles. The van der Waals surface area contributed by atoms with Crippen molar-refractivity contribution in [2.24, 2.45) is 0 Å². The van der Waals surface area contributed by atoms with E-state index in [4.69, 9.17) is 9.63 Å². The molecule has 0 aromatic carbocycles. The molecule has 2 atom stereocenters. The van der Waals surface area contributed by atoms with Crippen molar-refractivity contribution in [2.75, 3.05) is 6.61 Å². The highest BCUT2D eigenvalue weighted by molar-refractivity contribution is 5.24. The summed E-state index contributed by atoms with van der Waals surface area (Å²) in [5.41, 5.74) is 0.971. The highest BCUT2D eigenvalue weighted by Crippen LogP contribution is 2.23. The first-order chi connectivity index (χ1) is 6.07. The van der Waals surface area contributed by atoms with Gasteiger partial charge in [-0.2, -0.15) is 0 Å². The fraction of sp³-hybridized carbons (Fsp3) is 0.625. The monoisotopic (exact) mass is 187 g/mol. The first kappa shape index (κ1) is 10.2. The summed E-state index contributed by atoms with van der Waals surface area (Å²) in [5.74, 6) is 0.456. The third-order valence-electron chi connectivity index (χ3n) is 1.94. The van der Waals surface area contributed by atoms with Gasteiger partial charge in [0.15, 0.2) is 0 Å². The maximum Gasteiger partial charge on any atom is 0.139 e. The van der Waals surface area contributed by atoms with E-state index in [1.54, 1.807) is 13.8 Å². The Hall–Kier alpha value is -0.910. The average Bonchev–Trinajstić information content (AvgIpc) is 2.44. The number of aryl methyl sites for hydroxylation is 2. The molecule has 5 heteroatoms. The number of aliphatic hydroxyl groups excluding tert-OH is 3. The molecule has 1 heterocycles. The largest absolute Gasteiger partial charge is 0.394 e. The van der Waals surface area contributed by atoms with Crippen molar-refractivity contribution in [1.29, 1.82) is 0 Å². The van der Waals surface area contributed by atoms with E-state index in [-0.39, 0.29) is 0 Å². The molecule has 0 fully saturated rings. The van der Waals surface area contributed by atoms with Gasteiger partial charge >= 0.3 is 0 Å². The van der Waals surface area contributed by atoms with E-state index in [1.165, 1.54) is 0 Å². The molecule has 0 spiro atoms. The summed E-state index contributed by atoms with van der Waals surface area (Å²) in [5, 5.41) is 31.0. The lowest BCUT2D eigenvalue weighted by Crippen LogP contribution is -2.22. The van der Waals surface area contributed by atoms with Crippen molar-refractivity contribution in [3.63, 3.8) is 0 Å². The summed E-state index contributed by atoms with van der Waals surface area (Å²) in [6, 6.07) is 0. The van der Waals surface area contributed by atoms with E-state index in [0.717, 1.165) is 0 Å². The van der Waals surface area contributed by atoms with Crippen LogP contribution < -0.4 is 0 Å². The number of aliphatic hydroxyl groups is 3. The Balaban J connectivity index is 2.93. The van der Waals surface area contributed by atoms with Crippen LogP contribution in [-0.4, -0.2) is 33.2 Å². The van der Waals surface area contributed by atoms with Crippen LogP contribution in [0, 0.1) is 13.8 Å². The van der Waals surface area contributed by atoms with Crippen molar-refractivity contribution < 1.29 is 19.8 Å². The molecule has 13 heavy (non-hydrogen) atoms.